The van der Waals surface area contributed by atoms with Gasteiger partial charge in [-0.1, -0.05) is 48.5 Å². The van der Waals surface area contributed by atoms with Crippen LogP contribution in [0.2, 0.25) is 0 Å². The van der Waals surface area contributed by atoms with Gasteiger partial charge in [-0.3, -0.25) is 15.9 Å². The Morgan fingerprint density at radius 3 is 1.42 bits per heavy atom. The van der Waals surface area contributed by atoms with Crippen molar-refractivity contribution >= 4 is 10.8 Å². The SMILES string of the molecule is [C-]#Cc1cc(C(F)(F)F)cc(C(F)(F)F)c1.[O-][Cl+3]([O-])([O-])[O-].[Pt].c1ccc(-c2cc(-c3ccc4ccccc4c3)cc(-c3ccccn3)n2)nc1. The molecule has 3 aromatic heterocycles. The van der Waals surface area contributed by atoms with E-state index in [0.717, 1.165) is 33.9 Å². The second-order valence-electron chi connectivity index (χ2n) is 9.92. The van der Waals surface area contributed by atoms with E-state index in [2.05, 4.69) is 64.6 Å². The second kappa shape index (κ2) is 16.8. The second-order valence-corrected chi connectivity index (χ2v) is 10.7. The zero-order chi connectivity index (χ0) is 35.8. The minimum absolute atomic E-state index is 0. The molecule has 0 unspecified atom stereocenters. The fourth-order valence-electron chi connectivity index (χ4n) is 4.38. The summed E-state index contributed by atoms with van der Waals surface area (Å²) < 4.78 is 107. The monoisotopic (exact) mass is 890 g/mol. The first-order valence-electron chi connectivity index (χ1n) is 13.7. The number of halogens is 7. The van der Waals surface area contributed by atoms with Crippen LogP contribution >= 0.6 is 0 Å². The predicted octanol–water partition coefficient (Wildman–Crippen LogP) is 4.93. The van der Waals surface area contributed by atoms with E-state index in [-0.39, 0.29) is 27.1 Å². The van der Waals surface area contributed by atoms with Crippen molar-refractivity contribution < 1.29 is 76.3 Å². The molecule has 7 nitrogen and oxygen atoms in total. The molecule has 0 aliphatic rings. The molecule has 6 aromatic rings. The molecule has 50 heavy (non-hydrogen) atoms. The van der Waals surface area contributed by atoms with Crippen molar-refractivity contribution in [2.75, 3.05) is 0 Å². The summed E-state index contributed by atoms with van der Waals surface area (Å²) in [7, 11) is -4.94. The summed E-state index contributed by atoms with van der Waals surface area (Å²) in [6.45, 7) is 0. The van der Waals surface area contributed by atoms with Crippen LogP contribution in [0.15, 0.2) is 122 Å². The summed E-state index contributed by atoms with van der Waals surface area (Å²) in [6.07, 6.45) is 0.381. The molecule has 0 aliphatic heterocycles. The summed E-state index contributed by atoms with van der Waals surface area (Å²) in [5, 5.41) is 2.45. The quantitative estimate of drug-likeness (QED) is 0.140. The largest absolute Gasteiger partial charge is 0.415 e. The van der Waals surface area contributed by atoms with Crippen molar-refractivity contribution in [1.29, 1.82) is 0 Å². The van der Waals surface area contributed by atoms with E-state index in [9.17, 15) is 26.3 Å². The van der Waals surface area contributed by atoms with Crippen LogP contribution in [0, 0.1) is 22.6 Å². The maximum absolute atomic E-state index is 12.2. The Balaban J connectivity index is 0.000000262. The van der Waals surface area contributed by atoms with Crippen LogP contribution in [-0.4, -0.2) is 15.0 Å². The molecular weight excluding hydrogens is 871 g/mol. The Hall–Kier alpha value is -4.67. The Morgan fingerprint density at radius 1 is 0.540 bits per heavy atom. The third-order valence-electron chi connectivity index (χ3n) is 6.49. The molecule has 260 valence electrons. The Labute approximate surface area is 297 Å². The van der Waals surface area contributed by atoms with Crippen molar-refractivity contribution in [3.63, 3.8) is 0 Å². The number of rotatable bonds is 3. The van der Waals surface area contributed by atoms with E-state index in [0.29, 0.717) is 12.1 Å². The molecule has 0 saturated carbocycles. The van der Waals surface area contributed by atoms with Crippen LogP contribution in [0.5, 0.6) is 0 Å². The minimum atomic E-state index is -4.94. The fourth-order valence-corrected chi connectivity index (χ4v) is 4.38. The molecule has 0 saturated heterocycles. The van der Waals surface area contributed by atoms with Gasteiger partial charge in [0.25, 0.3) is 0 Å². The van der Waals surface area contributed by atoms with Gasteiger partial charge in [0.15, 0.2) is 0 Å². The molecule has 0 bridgehead atoms. The summed E-state index contributed by atoms with van der Waals surface area (Å²) in [4.78, 5) is 13.8. The number of fused-ring (bicyclic) bond motifs is 1. The standard InChI is InChI=1S/C25H17N3.C10H3F6.ClHO4.Pt/c1-2-8-19-15-20(12-11-18(19)7-1)21-16-24(22-9-3-5-13-26-22)28-25(17-21)23-10-4-6-14-27-23;1-2-6-3-7(9(11,12)13)5-8(4-6)10(14,15)16;2-1(3,4)5;/h1-17H;3-5H;(H,2,3,4,5);/q;-1;;/p-1. The number of pyridine rings is 3. The summed E-state index contributed by atoms with van der Waals surface area (Å²) in [5.74, 6) is 1.50. The molecule has 3 aromatic carbocycles. The van der Waals surface area contributed by atoms with Crippen LogP contribution in [0.25, 0.3) is 44.7 Å². The number of hydrogen-bond acceptors (Lipinski definition) is 7. The maximum Gasteiger partial charge on any atom is 0.415 e. The first kappa shape index (κ1) is 39.8. The molecule has 0 N–H and O–H groups in total. The molecular formula is C35H20ClF6N3O4Pt-2. The average molecular weight is 891 g/mol. The number of alkyl halides is 6. The average Bonchev–Trinajstić information content (AvgIpc) is 3.07. The van der Waals surface area contributed by atoms with Crippen molar-refractivity contribution in [2.45, 2.75) is 12.4 Å². The van der Waals surface area contributed by atoms with Gasteiger partial charge in [-0.2, -0.15) is 26.3 Å². The zero-order valence-corrected chi connectivity index (χ0v) is 28.0. The summed E-state index contributed by atoms with van der Waals surface area (Å²) in [6, 6.07) is 31.7. The minimum Gasteiger partial charge on any atom is -0.366 e. The van der Waals surface area contributed by atoms with Gasteiger partial charge in [0, 0.05) is 44.6 Å². The fraction of sp³-hybridized carbons (Fsp3) is 0.0571. The van der Waals surface area contributed by atoms with Crippen molar-refractivity contribution in [3.05, 3.63) is 145 Å². The maximum atomic E-state index is 12.2. The van der Waals surface area contributed by atoms with Gasteiger partial charge in [-0.05, 0) is 70.4 Å². The molecule has 0 aliphatic carbocycles. The Morgan fingerprint density at radius 2 is 1.00 bits per heavy atom. The van der Waals surface area contributed by atoms with Crippen molar-refractivity contribution in [2.24, 2.45) is 0 Å². The van der Waals surface area contributed by atoms with Gasteiger partial charge in [0.1, 0.15) is 0 Å². The Bertz CT molecular complexity index is 1980. The van der Waals surface area contributed by atoms with Crippen LogP contribution < -0.4 is 18.6 Å². The molecule has 0 radical (unpaired) electrons. The van der Waals surface area contributed by atoms with E-state index >= 15 is 0 Å². The van der Waals surface area contributed by atoms with Crippen LogP contribution in [0.4, 0.5) is 26.3 Å². The summed E-state index contributed by atoms with van der Waals surface area (Å²) in [5.41, 5.74) is 2.16. The molecule has 3 heterocycles. The molecule has 0 amide bonds. The molecule has 6 rings (SSSR count). The van der Waals surface area contributed by atoms with Gasteiger partial charge < -0.3 is 6.42 Å². The van der Waals surface area contributed by atoms with Gasteiger partial charge in [-0.15, -0.1) is 27.9 Å². The smallest absolute Gasteiger partial charge is 0.366 e. The third-order valence-corrected chi connectivity index (χ3v) is 6.49. The molecule has 0 spiro atoms. The first-order chi connectivity index (χ1) is 23.0. The normalized spacial score (nSPS) is 11.2. The van der Waals surface area contributed by atoms with Gasteiger partial charge in [0.2, 0.25) is 0 Å². The molecule has 0 atom stereocenters. The zero-order valence-electron chi connectivity index (χ0n) is 25.0. The first-order valence-corrected chi connectivity index (χ1v) is 14.9. The van der Waals surface area contributed by atoms with Gasteiger partial charge in [0.05, 0.1) is 22.8 Å². The summed E-state index contributed by atoms with van der Waals surface area (Å²) >= 11 is 0. The van der Waals surface area contributed by atoms with E-state index in [4.69, 9.17) is 30.0 Å². The van der Waals surface area contributed by atoms with Gasteiger partial charge >= 0.3 is 12.4 Å². The van der Waals surface area contributed by atoms with Crippen molar-refractivity contribution in [1.82, 2.24) is 15.0 Å². The third kappa shape index (κ3) is 11.7. The predicted molar refractivity (Wildman–Crippen MR) is 156 cm³/mol. The van der Waals surface area contributed by atoms with E-state index in [1.54, 1.807) is 12.4 Å². The number of nitrogens with zero attached hydrogens (tertiary/aromatic N) is 3. The Kier molecular flexibility index (Phi) is 13.4. The van der Waals surface area contributed by atoms with Crippen LogP contribution in [0.1, 0.15) is 16.7 Å². The van der Waals surface area contributed by atoms with Crippen molar-refractivity contribution in [3.8, 4) is 39.8 Å². The molecule has 15 heteroatoms. The number of benzene rings is 3. The van der Waals surface area contributed by atoms with Gasteiger partial charge in [-0.25, -0.2) is 23.6 Å². The van der Waals surface area contributed by atoms with Crippen LogP contribution in [0.3, 0.4) is 0 Å². The van der Waals surface area contributed by atoms with E-state index in [1.807, 2.05) is 36.4 Å². The number of aromatic nitrogens is 3. The topological polar surface area (TPSA) is 131 Å². The van der Waals surface area contributed by atoms with Crippen LogP contribution in [-0.2, 0) is 33.4 Å². The molecule has 0 fully saturated rings. The number of hydrogen-bond donors (Lipinski definition) is 0. The van der Waals surface area contributed by atoms with E-state index in [1.165, 1.54) is 16.7 Å². The van der Waals surface area contributed by atoms with E-state index < -0.39 is 39.3 Å².